The summed E-state index contributed by atoms with van der Waals surface area (Å²) < 4.78 is 26.9. The smallest absolute Gasteiger partial charge is 0.243 e. The average Bonchev–Trinajstić information content (AvgIpc) is 2.47. The van der Waals surface area contributed by atoms with Crippen molar-refractivity contribution in [2.75, 3.05) is 13.1 Å². The number of aryl methyl sites for hydroxylation is 1. The van der Waals surface area contributed by atoms with Gasteiger partial charge in [-0.3, -0.25) is 0 Å². The Labute approximate surface area is 122 Å². The zero-order chi connectivity index (χ0) is 14.8. The first-order chi connectivity index (χ1) is 9.48. The van der Waals surface area contributed by atoms with Gasteiger partial charge in [0.1, 0.15) is 0 Å². The summed E-state index contributed by atoms with van der Waals surface area (Å²) in [5, 5.41) is 0. The molecule has 2 N–H and O–H groups in total. The molecule has 1 aliphatic rings. The zero-order valence-corrected chi connectivity index (χ0v) is 13.1. The Morgan fingerprint density at radius 1 is 1.30 bits per heavy atom. The molecule has 1 heterocycles. The van der Waals surface area contributed by atoms with E-state index in [-0.39, 0.29) is 0 Å². The van der Waals surface area contributed by atoms with E-state index >= 15 is 0 Å². The van der Waals surface area contributed by atoms with Gasteiger partial charge in [-0.05, 0) is 48.9 Å². The molecule has 1 saturated heterocycles. The average molecular weight is 296 g/mol. The van der Waals surface area contributed by atoms with Crippen LogP contribution in [-0.4, -0.2) is 25.8 Å². The third-order valence-corrected chi connectivity index (χ3v) is 6.22. The van der Waals surface area contributed by atoms with Crippen molar-refractivity contribution in [3.63, 3.8) is 0 Å². The van der Waals surface area contributed by atoms with Crippen LogP contribution >= 0.6 is 0 Å². The summed E-state index contributed by atoms with van der Waals surface area (Å²) in [6.07, 6.45) is 3.07. The monoisotopic (exact) mass is 296 g/mol. The minimum absolute atomic E-state index is 0.391. The van der Waals surface area contributed by atoms with Crippen molar-refractivity contribution in [2.24, 2.45) is 11.7 Å². The first kappa shape index (κ1) is 15.5. The van der Waals surface area contributed by atoms with Gasteiger partial charge in [-0.25, -0.2) is 8.42 Å². The molecule has 0 bridgehead atoms. The molecule has 1 aromatic carbocycles. The fourth-order valence-corrected chi connectivity index (χ4v) is 4.32. The third kappa shape index (κ3) is 3.05. The summed E-state index contributed by atoms with van der Waals surface area (Å²) in [5.41, 5.74) is 7.56. The fraction of sp³-hybridized carbons (Fsp3) is 0.600. The Bertz CT molecular complexity index is 561. The first-order valence-electron chi connectivity index (χ1n) is 7.28. The lowest BCUT2D eigenvalue weighted by atomic mass is 9.96. The lowest BCUT2D eigenvalue weighted by Gasteiger charge is -2.30. The van der Waals surface area contributed by atoms with E-state index in [2.05, 4.69) is 6.92 Å². The number of piperidine rings is 1. The molecule has 2 rings (SSSR count). The number of nitrogens with zero attached hydrogens (tertiary/aromatic N) is 1. The van der Waals surface area contributed by atoms with Gasteiger partial charge in [-0.2, -0.15) is 4.31 Å². The van der Waals surface area contributed by atoms with E-state index in [1.165, 1.54) is 0 Å². The number of benzene rings is 1. The molecule has 1 fully saturated rings. The largest absolute Gasteiger partial charge is 0.326 e. The van der Waals surface area contributed by atoms with Crippen molar-refractivity contribution >= 4 is 10.0 Å². The van der Waals surface area contributed by atoms with Crippen molar-refractivity contribution in [3.8, 4) is 0 Å². The van der Waals surface area contributed by atoms with Gasteiger partial charge in [0, 0.05) is 19.6 Å². The molecule has 4 nitrogen and oxygen atoms in total. The molecule has 1 aliphatic heterocycles. The highest BCUT2D eigenvalue weighted by Crippen LogP contribution is 2.26. The Morgan fingerprint density at radius 3 is 2.45 bits per heavy atom. The van der Waals surface area contributed by atoms with Crippen LogP contribution in [0.3, 0.4) is 0 Å². The Balaban J connectivity index is 2.20. The lowest BCUT2D eigenvalue weighted by Crippen LogP contribution is -2.38. The van der Waals surface area contributed by atoms with Gasteiger partial charge in [-0.1, -0.05) is 19.4 Å². The number of hydrogen-bond donors (Lipinski definition) is 1. The van der Waals surface area contributed by atoms with Crippen LogP contribution in [0.2, 0.25) is 0 Å². The van der Waals surface area contributed by atoms with Crippen LogP contribution < -0.4 is 5.73 Å². The first-order valence-corrected chi connectivity index (χ1v) is 8.72. The second-order valence-corrected chi connectivity index (χ2v) is 7.49. The van der Waals surface area contributed by atoms with Crippen molar-refractivity contribution in [1.82, 2.24) is 4.31 Å². The highest BCUT2D eigenvalue weighted by molar-refractivity contribution is 7.89. The van der Waals surface area contributed by atoms with Gasteiger partial charge < -0.3 is 5.73 Å². The molecule has 1 aromatic rings. The molecule has 0 aromatic heterocycles. The van der Waals surface area contributed by atoms with E-state index in [0.717, 1.165) is 30.4 Å². The topological polar surface area (TPSA) is 63.4 Å². The zero-order valence-electron chi connectivity index (χ0n) is 12.3. The van der Waals surface area contributed by atoms with E-state index in [0.29, 0.717) is 30.4 Å². The highest BCUT2D eigenvalue weighted by Gasteiger charge is 2.28. The minimum atomic E-state index is -3.35. The highest BCUT2D eigenvalue weighted by atomic mass is 32.2. The second kappa shape index (κ2) is 6.24. The maximum atomic E-state index is 12.6. The van der Waals surface area contributed by atoms with E-state index < -0.39 is 10.0 Å². The molecule has 0 amide bonds. The van der Waals surface area contributed by atoms with Crippen LogP contribution in [0.25, 0.3) is 0 Å². The van der Waals surface area contributed by atoms with Crippen LogP contribution in [-0.2, 0) is 16.6 Å². The van der Waals surface area contributed by atoms with E-state index in [4.69, 9.17) is 5.73 Å². The van der Waals surface area contributed by atoms with E-state index in [9.17, 15) is 8.42 Å². The molecule has 20 heavy (non-hydrogen) atoms. The second-order valence-electron chi connectivity index (χ2n) is 5.55. The summed E-state index contributed by atoms with van der Waals surface area (Å²) in [7, 11) is -3.35. The van der Waals surface area contributed by atoms with Gasteiger partial charge in [0.2, 0.25) is 10.0 Å². The van der Waals surface area contributed by atoms with Crippen LogP contribution in [0.1, 0.15) is 37.3 Å². The summed E-state index contributed by atoms with van der Waals surface area (Å²) in [6.45, 7) is 5.79. The summed E-state index contributed by atoms with van der Waals surface area (Å²) >= 11 is 0. The molecule has 0 saturated carbocycles. The van der Waals surface area contributed by atoms with Gasteiger partial charge in [0.15, 0.2) is 0 Å². The van der Waals surface area contributed by atoms with Crippen molar-refractivity contribution in [2.45, 2.75) is 44.6 Å². The third-order valence-electron chi connectivity index (χ3n) is 4.32. The molecule has 0 unspecified atom stereocenters. The van der Waals surface area contributed by atoms with Crippen molar-refractivity contribution in [1.29, 1.82) is 0 Å². The predicted octanol–water partition coefficient (Wildman–Crippen LogP) is 2.26. The van der Waals surface area contributed by atoms with Gasteiger partial charge in [-0.15, -0.1) is 0 Å². The Kier molecular flexibility index (Phi) is 4.83. The Morgan fingerprint density at radius 2 is 1.95 bits per heavy atom. The van der Waals surface area contributed by atoms with Crippen molar-refractivity contribution in [3.05, 3.63) is 29.3 Å². The molecule has 0 atom stereocenters. The number of hydrogen-bond acceptors (Lipinski definition) is 3. The standard InChI is InChI=1S/C15H24N2O2S/c1-3-13-6-8-17(9-7-13)20(18,19)15-5-4-14(11-16)12(2)10-15/h4-5,10,13H,3,6-9,11,16H2,1-2H3. The minimum Gasteiger partial charge on any atom is -0.326 e. The van der Waals surface area contributed by atoms with Gasteiger partial charge in [0.05, 0.1) is 4.90 Å². The molecule has 0 spiro atoms. The lowest BCUT2D eigenvalue weighted by molar-refractivity contribution is 0.269. The maximum Gasteiger partial charge on any atom is 0.243 e. The van der Waals surface area contributed by atoms with Crippen LogP contribution in [0, 0.1) is 12.8 Å². The normalized spacial score (nSPS) is 18.4. The van der Waals surface area contributed by atoms with E-state index in [1.807, 2.05) is 13.0 Å². The summed E-state index contributed by atoms with van der Waals surface area (Å²) in [4.78, 5) is 0.391. The van der Waals surface area contributed by atoms with Gasteiger partial charge >= 0.3 is 0 Å². The van der Waals surface area contributed by atoms with Crippen LogP contribution in [0.15, 0.2) is 23.1 Å². The van der Waals surface area contributed by atoms with Crippen LogP contribution in [0.4, 0.5) is 0 Å². The van der Waals surface area contributed by atoms with Crippen LogP contribution in [0.5, 0.6) is 0 Å². The number of rotatable bonds is 4. The van der Waals surface area contributed by atoms with Crippen molar-refractivity contribution < 1.29 is 8.42 Å². The molecule has 112 valence electrons. The Hall–Kier alpha value is -0.910. The molecule has 5 heteroatoms. The molecule has 0 aliphatic carbocycles. The molecular weight excluding hydrogens is 272 g/mol. The maximum absolute atomic E-state index is 12.6. The quantitative estimate of drug-likeness (QED) is 0.927. The fourth-order valence-electron chi connectivity index (χ4n) is 2.76. The van der Waals surface area contributed by atoms with Gasteiger partial charge in [0.25, 0.3) is 0 Å². The number of sulfonamides is 1. The number of nitrogens with two attached hydrogens (primary N) is 1. The molecular formula is C15H24N2O2S. The summed E-state index contributed by atoms with van der Waals surface area (Å²) in [5.74, 6) is 0.669. The van der Waals surface area contributed by atoms with E-state index in [1.54, 1.807) is 16.4 Å². The predicted molar refractivity (Wildman–Crippen MR) is 80.8 cm³/mol. The summed E-state index contributed by atoms with van der Waals surface area (Å²) in [6, 6.07) is 5.24. The SMILES string of the molecule is CCC1CCN(S(=O)(=O)c2ccc(CN)c(C)c2)CC1. The molecule has 0 radical (unpaired) electrons.